The quantitative estimate of drug-likeness (QED) is 0.823. The fourth-order valence-corrected chi connectivity index (χ4v) is 2.74. The van der Waals surface area contributed by atoms with Gasteiger partial charge in [0.05, 0.1) is 12.1 Å². The summed E-state index contributed by atoms with van der Waals surface area (Å²) in [5, 5.41) is 7.16. The lowest BCUT2D eigenvalue weighted by molar-refractivity contribution is 0.0951. The molecule has 0 spiro atoms. The standard InChI is InChI=1S/C16H21N3OS/c1-3-9-17-14-8-6-5-7-13(14)16(20)19-11-15-18-10-12(4-2)21-15/h5-8,10,17H,3-4,9,11H2,1-2H3,(H,19,20). The molecule has 2 N–H and O–H groups in total. The van der Waals surface area contributed by atoms with Gasteiger partial charge in [-0.05, 0) is 25.0 Å². The zero-order chi connectivity index (χ0) is 15.1. The number of thiazole rings is 1. The normalized spacial score (nSPS) is 10.4. The predicted molar refractivity (Wildman–Crippen MR) is 87.9 cm³/mol. The molecule has 1 amide bonds. The van der Waals surface area contributed by atoms with Crippen LogP contribution in [0.5, 0.6) is 0 Å². The van der Waals surface area contributed by atoms with E-state index in [1.54, 1.807) is 11.3 Å². The zero-order valence-electron chi connectivity index (χ0n) is 12.5. The van der Waals surface area contributed by atoms with Crippen LogP contribution in [0.25, 0.3) is 0 Å². The number of benzene rings is 1. The zero-order valence-corrected chi connectivity index (χ0v) is 13.3. The van der Waals surface area contributed by atoms with E-state index in [2.05, 4.69) is 29.5 Å². The molecule has 0 aliphatic carbocycles. The number of carbonyl (C=O) groups excluding carboxylic acids is 1. The first-order valence-corrected chi connectivity index (χ1v) is 8.11. The molecule has 0 atom stereocenters. The Bertz CT molecular complexity index is 595. The number of aryl methyl sites for hydroxylation is 1. The van der Waals surface area contributed by atoms with Crippen molar-refractivity contribution in [1.29, 1.82) is 0 Å². The highest BCUT2D eigenvalue weighted by Crippen LogP contribution is 2.16. The van der Waals surface area contributed by atoms with Gasteiger partial charge in [0.15, 0.2) is 0 Å². The van der Waals surface area contributed by atoms with Crippen LogP contribution < -0.4 is 10.6 Å². The molecule has 0 radical (unpaired) electrons. The van der Waals surface area contributed by atoms with E-state index >= 15 is 0 Å². The second kappa shape index (κ2) is 7.78. The third-order valence-electron chi connectivity index (χ3n) is 3.09. The number of para-hydroxylation sites is 1. The molecule has 112 valence electrons. The van der Waals surface area contributed by atoms with Gasteiger partial charge in [-0.3, -0.25) is 4.79 Å². The molecule has 0 unspecified atom stereocenters. The number of carbonyl (C=O) groups is 1. The van der Waals surface area contributed by atoms with Gasteiger partial charge in [0.2, 0.25) is 0 Å². The Morgan fingerprint density at radius 3 is 2.81 bits per heavy atom. The minimum absolute atomic E-state index is 0.0672. The maximum absolute atomic E-state index is 12.3. The molecule has 0 saturated heterocycles. The summed E-state index contributed by atoms with van der Waals surface area (Å²) in [6.45, 7) is 5.54. The van der Waals surface area contributed by atoms with Gasteiger partial charge in [0.25, 0.3) is 5.91 Å². The number of amides is 1. The van der Waals surface area contributed by atoms with E-state index in [0.717, 1.165) is 30.1 Å². The number of hydrogen-bond donors (Lipinski definition) is 2. The highest BCUT2D eigenvalue weighted by Gasteiger charge is 2.11. The summed E-state index contributed by atoms with van der Waals surface area (Å²) in [7, 11) is 0. The minimum Gasteiger partial charge on any atom is -0.384 e. The van der Waals surface area contributed by atoms with Crippen molar-refractivity contribution in [2.45, 2.75) is 33.2 Å². The van der Waals surface area contributed by atoms with Gasteiger partial charge >= 0.3 is 0 Å². The third kappa shape index (κ3) is 4.29. The first-order valence-electron chi connectivity index (χ1n) is 7.29. The molecule has 0 fully saturated rings. The third-order valence-corrected chi connectivity index (χ3v) is 4.23. The Labute approximate surface area is 129 Å². The predicted octanol–water partition coefficient (Wildman–Crippen LogP) is 3.46. The molecular weight excluding hydrogens is 282 g/mol. The molecule has 1 aromatic heterocycles. The largest absolute Gasteiger partial charge is 0.384 e. The van der Waals surface area contributed by atoms with E-state index in [-0.39, 0.29) is 5.91 Å². The number of aromatic nitrogens is 1. The Morgan fingerprint density at radius 1 is 1.29 bits per heavy atom. The first kappa shape index (κ1) is 15.5. The summed E-state index contributed by atoms with van der Waals surface area (Å²) in [4.78, 5) is 17.9. The van der Waals surface area contributed by atoms with Gasteiger partial charge in [-0.15, -0.1) is 11.3 Å². The summed E-state index contributed by atoms with van der Waals surface area (Å²) in [6.07, 6.45) is 3.88. The van der Waals surface area contributed by atoms with Crippen molar-refractivity contribution < 1.29 is 4.79 Å². The van der Waals surface area contributed by atoms with Gasteiger partial charge < -0.3 is 10.6 Å². The van der Waals surface area contributed by atoms with Crippen molar-refractivity contribution in [3.05, 3.63) is 45.9 Å². The van der Waals surface area contributed by atoms with Crippen molar-refractivity contribution in [1.82, 2.24) is 10.3 Å². The lowest BCUT2D eigenvalue weighted by Crippen LogP contribution is -2.24. The van der Waals surface area contributed by atoms with Crippen molar-refractivity contribution in [2.75, 3.05) is 11.9 Å². The van der Waals surface area contributed by atoms with E-state index < -0.39 is 0 Å². The van der Waals surface area contributed by atoms with E-state index in [9.17, 15) is 4.79 Å². The molecule has 2 aromatic rings. The molecule has 2 rings (SSSR count). The molecular formula is C16H21N3OS. The molecule has 0 aliphatic rings. The Morgan fingerprint density at radius 2 is 2.10 bits per heavy atom. The Balaban J connectivity index is 1.99. The van der Waals surface area contributed by atoms with E-state index in [0.29, 0.717) is 12.1 Å². The molecule has 21 heavy (non-hydrogen) atoms. The molecule has 1 aromatic carbocycles. The van der Waals surface area contributed by atoms with E-state index in [4.69, 9.17) is 0 Å². The van der Waals surface area contributed by atoms with Gasteiger partial charge in [0.1, 0.15) is 5.01 Å². The van der Waals surface area contributed by atoms with Crippen LogP contribution in [0.3, 0.4) is 0 Å². The van der Waals surface area contributed by atoms with Gasteiger partial charge in [-0.1, -0.05) is 26.0 Å². The molecule has 0 bridgehead atoms. The summed E-state index contributed by atoms with van der Waals surface area (Å²) < 4.78 is 0. The fraction of sp³-hybridized carbons (Fsp3) is 0.375. The van der Waals surface area contributed by atoms with Crippen LogP contribution >= 0.6 is 11.3 Å². The highest BCUT2D eigenvalue weighted by atomic mass is 32.1. The summed E-state index contributed by atoms with van der Waals surface area (Å²) in [6, 6.07) is 7.59. The van der Waals surface area contributed by atoms with Crippen LogP contribution in [0.2, 0.25) is 0 Å². The smallest absolute Gasteiger partial charge is 0.253 e. The van der Waals surface area contributed by atoms with Crippen LogP contribution in [0.4, 0.5) is 5.69 Å². The van der Waals surface area contributed by atoms with E-state index in [1.807, 2.05) is 30.5 Å². The Kier molecular flexibility index (Phi) is 5.75. The van der Waals surface area contributed by atoms with Gasteiger partial charge in [-0.25, -0.2) is 4.98 Å². The molecule has 5 heteroatoms. The van der Waals surface area contributed by atoms with Crippen LogP contribution in [-0.4, -0.2) is 17.4 Å². The monoisotopic (exact) mass is 303 g/mol. The second-order valence-electron chi connectivity index (χ2n) is 4.73. The lowest BCUT2D eigenvalue weighted by atomic mass is 10.1. The average Bonchev–Trinajstić information content (AvgIpc) is 2.99. The van der Waals surface area contributed by atoms with Gasteiger partial charge in [0, 0.05) is 23.3 Å². The van der Waals surface area contributed by atoms with Gasteiger partial charge in [-0.2, -0.15) is 0 Å². The first-order chi connectivity index (χ1) is 10.2. The topological polar surface area (TPSA) is 54.0 Å². The van der Waals surface area contributed by atoms with E-state index in [1.165, 1.54) is 4.88 Å². The average molecular weight is 303 g/mol. The second-order valence-corrected chi connectivity index (χ2v) is 5.93. The Hall–Kier alpha value is -1.88. The molecule has 4 nitrogen and oxygen atoms in total. The minimum atomic E-state index is -0.0672. The fourth-order valence-electron chi connectivity index (χ4n) is 1.94. The van der Waals surface area contributed by atoms with Crippen LogP contribution in [0, 0.1) is 0 Å². The van der Waals surface area contributed by atoms with Crippen molar-refractivity contribution >= 4 is 22.9 Å². The van der Waals surface area contributed by atoms with Crippen molar-refractivity contribution in [2.24, 2.45) is 0 Å². The number of nitrogens with one attached hydrogen (secondary N) is 2. The molecule has 0 aliphatic heterocycles. The SMILES string of the molecule is CCCNc1ccccc1C(=O)NCc1ncc(CC)s1. The van der Waals surface area contributed by atoms with Crippen LogP contribution in [0.15, 0.2) is 30.5 Å². The maximum atomic E-state index is 12.3. The summed E-state index contributed by atoms with van der Waals surface area (Å²) >= 11 is 1.65. The number of hydrogen-bond acceptors (Lipinski definition) is 4. The lowest BCUT2D eigenvalue weighted by Gasteiger charge is -2.11. The summed E-state index contributed by atoms with van der Waals surface area (Å²) in [5.41, 5.74) is 1.56. The number of rotatable bonds is 7. The van der Waals surface area contributed by atoms with Crippen molar-refractivity contribution in [3.8, 4) is 0 Å². The summed E-state index contributed by atoms with van der Waals surface area (Å²) in [5.74, 6) is -0.0672. The van der Waals surface area contributed by atoms with Crippen LogP contribution in [-0.2, 0) is 13.0 Å². The number of anilines is 1. The van der Waals surface area contributed by atoms with Crippen LogP contribution in [0.1, 0.15) is 40.5 Å². The maximum Gasteiger partial charge on any atom is 0.253 e. The molecule has 1 heterocycles. The van der Waals surface area contributed by atoms with Crippen molar-refractivity contribution in [3.63, 3.8) is 0 Å². The molecule has 0 saturated carbocycles. The highest BCUT2D eigenvalue weighted by molar-refractivity contribution is 7.11. The number of nitrogens with zero attached hydrogens (tertiary/aromatic N) is 1.